The number of carbonyl (C=O) groups is 2. The number of nitrogens with zero attached hydrogens (tertiary/aromatic N) is 2. The van der Waals surface area contributed by atoms with E-state index in [1.807, 2.05) is 0 Å². The fraction of sp³-hybridized carbons (Fsp3) is 0. The van der Waals surface area contributed by atoms with Crippen molar-refractivity contribution in [3.8, 4) is 5.75 Å². The number of benzene rings is 3. The van der Waals surface area contributed by atoms with E-state index < -0.39 is 10.9 Å². The number of nitro groups is 1. The van der Waals surface area contributed by atoms with Gasteiger partial charge in [0.05, 0.1) is 21.2 Å². The Bertz CT molecular complexity index is 1160. The number of esters is 1. The zero-order valence-corrected chi connectivity index (χ0v) is 18.0. The van der Waals surface area contributed by atoms with Gasteiger partial charge < -0.3 is 4.74 Å². The number of rotatable bonds is 6. The summed E-state index contributed by atoms with van der Waals surface area (Å²) in [6.07, 6.45) is 1.43. The second-order valence-corrected chi connectivity index (χ2v) is 7.38. The fourth-order valence-electron chi connectivity index (χ4n) is 2.39. The number of hydrogen-bond acceptors (Lipinski definition) is 6. The first-order valence-electron chi connectivity index (χ1n) is 8.68. The molecule has 0 heterocycles. The fourth-order valence-corrected chi connectivity index (χ4v) is 2.99. The molecule has 0 aliphatic carbocycles. The van der Waals surface area contributed by atoms with Crippen molar-refractivity contribution in [3.63, 3.8) is 0 Å². The Morgan fingerprint density at radius 3 is 2.29 bits per heavy atom. The van der Waals surface area contributed by atoms with E-state index in [0.717, 1.165) is 0 Å². The van der Waals surface area contributed by atoms with Crippen LogP contribution in [-0.2, 0) is 0 Å². The van der Waals surface area contributed by atoms with Crippen molar-refractivity contribution in [1.82, 2.24) is 5.43 Å². The Labute approximate surface area is 189 Å². The number of nitrogens with one attached hydrogen (secondary N) is 1. The molecule has 8 nitrogen and oxygen atoms in total. The average Bonchev–Trinajstić information content (AvgIpc) is 2.76. The second kappa shape index (κ2) is 9.96. The quantitative estimate of drug-likeness (QED) is 0.168. The third-order valence-electron chi connectivity index (χ3n) is 3.96. The normalized spacial score (nSPS) is 10.6. The summed E-state index contributed by atoms with van der Waals surface area (Å²) in [5, 5.41) is 15.1. The molecule has 0 spiro atoms. The van der Waals surface area contributed by atoms with Gasteiger partial charge in [0.25, 0.3) is 11.6 Å². The topological polar surface area (TPSA) is 111 Å². The minimum Gasteiger partial charge on any atom is -0.422 e. The summed E-state index contributed by atoms with van der Waals surface area (Å²) in [5.74, 6) is -0.793. The van der Waals surface area contributed by atoms with Gasteiger partial charge in [0, 0.05) is 22.7 Å². The molecule has 1 amide bonds. The molecule has 0 bridgehead atoms. The molecule has 0 saturated carbocycles. The molecule has 1 N–H and O–H groups in total. The summed E-state index contributed by atoms with van der Waals surface area (Å²) in [5.41, 5.74) is 3.51. The zero-order chi connectivity index (χ0) is 22.4. The maximum absolute atomic E-state index is 12.2. The van der Waals surface area contributed by atoms with Gasteiger partial charge in [-0.15, -0.1) is 0 Å². The van der Waals surface area contributed by atoms with Gasteiger partial charge in [0.15, 0.2) is 0 Å². The molecule has 0 unspecified atom stereocenters. The maximum Gasteiger partial charge on any atom is 0.343 e. The highest BCUT2D eigenvalue weighted by Gasteiger charge is 2.13. The highest BCUT2D eigenvalue weighted by molar-refractivity contribution is 9.10. The van der Waals surface area contributed by atoms with Crippen LogP contribution in [-0.4, -0.2) is 23.0 Å². The average molecular weight is 503 g/mol. The highest BCUT2D eigenvalue weighted by Crippen LogP contribution is 2.26. The third-order valence-corrected chi connectivity index (χ3v) is 4.83. The number of nitro benzene ring substituents is 1. The van der Waals surface area contributed by atoms with Gasteiger partial charge in [-0.05, 0) is 76.1 Å². The third kappa shape index (κ3) is 5.97. The molecule has 0 aromatic heterocycles. The van der Waals surface area contributed by atoms with E-state index in [4.69, 9.17) is 16.3 Å². The smallest absolute Gasteiger partial charge is 0.343 e. The predicted octanol–water partition coefficient (Wildman–Crippen LogP) is 4.99. The summed E-state index contributed by atoms with van der Waals surface area (Å²) >= 11 is 9.11. The lowest BCUT2D eigenvalue weighted by Crippen LogP contribution is -2.17. The van der Waals surface area contributed by atoms with Crippen molar-refractivity contribution in [2.75, 3.05) is 0 Å². The van der Waals surface area contributed by atoms with Gasteiger partial charge in [0.2, 0.25) is 0 Å². The number of hydrogen-bond donors (Lipinski definition) is 1. The molecule has 0 atom stereocenters. The number of ether oxygens (including phenoxy) is 1. The van der Waals surface area contributed by atoms with E-state index >= 15 is 0 Å². The summed E-state index contributed by atoms with van der Waals surface area (Å²) in [6.45, 7) is 0. The molecular weight excluding hydrogens is 490 g/mol. The van der Waals surface area contributed by atoms with Crippen molar-refractivity contribution in [2.24, 2.45) is 5.10 Å². The molecule has 3 aromatic rings. The standard InChI is InChI=1S/C21H13BrClN3O5/c22-18-11-13(12-24-25-20(27)14-2-6-16(23)7-3-14)1-10-19(18)31-21(28)15-4-8-17(9-5-15)26(29)30/h1-12H,(H,25,27)/b24-12-. The van der Waals surface area contributed by atoms with E-state index in [1.54, 1.807) is 42.5 Å². The van der Waals surface area contributed by atoms with Crippen molar-refractivity contribution < 1.29 is 19.2 Å². The molecule has 0 fully saturated rings. The van der Waals surface area contributed by atoms with Crippen molar-refractivity contribution in [2.45, 2.75) is 0 Å². The second-order valence-electron chi connectivity index (χ2n) is 6.09. The Morgan fingerprint density at radius 1 is 1.03 bits per heavy atom. The maximum atomic E-state index is 12.2. The van der Waals surface area contributed by atoms with Crippen LogP contribution < -0.4 is 10.2 Å². The molecule has 0 aliphatic heterocycles. The lowest BCUT2D eigenvalue weighted by atomic mass is 10.2. The van der Waals surface area contributed by atoms with E-state index in [-0.39, 0.29) is 22.9 Å². The van der Waals surface area contributed by atoms with Crippen molar-refractivity contribution in [3.05, 3.63) is 103 Å². The number of carbonyl (C=O) groups excluding carboxylic acids is 2. The summed E-state index contributed by atoms with van der Waals surface area (Å²) in [7, 11) is 0. The largest absolute Gasteiger partial charge is 0.422 e. The minimum absolute atomic E-state index is 0.121. The first-order chi connectivity index (χ1) is 14.8. The predicted molar refractivity (Wildman–Crippen MR) is 119 cm³/mol. The monoisotopic (exact) mass is 501 g/mol. The Hall–Kier alpha value is -3.56. The lowest BCUT2D eigenvalue weighted by Gasteiger charge is -2.07. The molecule has 156 valence electrons. The Kier molecular flexibility index (Phi) is 7.11. The van der Waals surface area contributed by atoms with E-state index in [1.165, 1.54) is 30.5 Å². The zero-order valence-electron chi connectivity index (χ0n) is 15.6. The van der Waals surface area contributed by atoms with Gasteiger partial charge in [-0.25, -0.2) is 10.2 Å². The molecule has 31 heavy (non-hydrogen) atoms. The first kappa shape index (κ1) is 22.1. The summed E-state index contributed by atoms with van der Waals surface area (Å²) in [6, 6.07) is 16.3. The lowest BCUT2D eigenvalue weighted by molar-refractivity contribution is -0.384. The molecule has 3 rings (SSSR count). The summed E-state index contributed by atoms with van der Waals surface area (Å²) in [4.78, 5) is 34.4. The van der Waals surface area contributed by atoms with Crippen LogP contribution in [0.1, 0.15) is 26.3 Å². The molecular formula is C21H13BrClN3O5. The van der Waals surface area contributed by atoms with Gasteiger partial charge in [0.1, 0.15) is 5.75 Å². The minimum atomic E-state index is -0.660. The van der Waals surface area contributed by atoms with E-state index in [0.29, 0.717) is 20.6 Å². The Balaban J connectivity index is 1.62. The van der Waals surface area contributed by atoms with Crippen LogP contribution >= 0.6 is 27.5 Å². The molecule has 0 saturated heterocycles. The van der Waals surface area contributed by atoms with Crippen LogP contribution in [0.4, 0.5) is 5.69 Å². The first-order valence-corrected chi connectivity index (χ1v) is 9.86. The van der Waals surface area contributed by atoms with Crippen LogP contribution in [0.15, 0.2) is 76.3 Å². The van der Waals surface area contributed by atoms with Gasteiger partial charge in [-0.2, -0.15) is 5.10 Å². The van der Waals surface area contributed by atoms with E-state index in [2.05, 4.69) is 26.5 Å². The Morgan fingerprint density at radius 2 is 1.68 bits per heavy atom. The molecule has 3 aromatic carbocycles. The number of halogens is 2. The van der Waals surface area contributed by atoms with Crippen LogP contribution in [0.25, 0.3) is 0 Å². The molecule has 10 heteroatoms. The van der Waals surface area contributed by atoms with Gasteiger partial charge in [-0.1, -0.05) is 11.6 Å². The highest BCUT2D eigenvalue weighted by atomic mass is 79.9. The van der Waals surface area contributed by atoms with Crippen molar-refractivity contribution >= 4 is 51.3 Å². The van der Waals surface area contributed by atoms with E-state index in [9.17, 15) is 19.7 Å². The van der Waals surface area contributed by atoms with Gasteiger partial charge >= 0.3 is 5.97 Å². The SMILES string of the molecule is O=C(N/N=C\c1ccc(OC(=O)c2ccc([N+](=O)[O-])cc2)c(Br)c1)c1ccc(Cl)cc1. The number of non-ortho nitro benzene ring substituents is 1. The van der Waals surface area contributed by atoms with Crippen LogP contribution in [0.3, 0.4) is 0 Å². The van der Waals surface area contributed by atoms with Gasteiger partial charge in [-0.3, -0.25) is 14.9 Å². The van der Waals surface area contributed by atoms with Crippen LogP contribution in [0.5, 0.6) is 5.75 Å². The van der Waals surface area contributed by atoms with Crippen LogP contribution in [0.2, 0.25) is 5.02 Å². The van der Waals surface area contributed by atoms with Crippen LogP contribution in [0, 0.1) is 10.1 Å². The number of hydrazone groups is 1. The van der Waals surface area contributed by atoms with Crippen molar-refractivity contribution in [1.29, 1.82) is 0 Å². The molecule has 0 radical (unpaired) electrons. The number of amides is 1. The summed E-state index contributed by atoms with van der Waals surface area (Å²) < 4.78 is 5.80. The molecule has 0 aliphatic rings.